The Hall–Kier alpha value is -0.910. The number of aromatic nitrogens is 2. The first-order valence-corrected chi connectivity index (χ1v) is 6.73. The molecule has 5 nitrogen and oxygen atoms in total. The van der Waals surface area contributed by atoms with Gasteiger partial charge in [0.1, 0.15) is 0 Å². The van der Waals surface area contributed by atoms with Crippen LogP contribution >= 0.6 is 0 Å². The maximum Gasteiger partial charge on any atom is 0.0771 e. The van der Waals surface area contributed by atoms with Crippen LogP contribution in [0.2, 0.25) is 0 Å². The van der Waals surface area contributed by atoms with Gasteiger partial charge in [0.05, 0.1) is 17.8 Å². The number of ether oxygens (including phenoxy) is 1. The maximum atomic E-state index is 5.77. The second kappa shape index (κ2) is 5.82. The van der Waals surface area contributed by atoms with E-state index < -0.39 is 0 Å². The van der Waals surface area contributed by atoms with E-state index >= 15 is 0 Å². The van der Waals surface area contributed by atoms with Crippen LogP contribution in [0, 0.1) is 5.92 Å². The summed E-state index contributed by atoms with van der Waals surface area (Å²) in [4.78, 5) is 0. The van der Waals surface area contributed by atoms with Crippen LogP contribution < -0.4 is 11.3 Å². The summed E-state index contributed by atoms with van der Waals surface area (Å²) in [6, 6.07) is 2.59. The molecular formula is C13H24N4O. The first-order valence-electron chi connectivity index (χ1n) is 6.73. The molecule has 2 rings (SSSR count). The van der Waals surface area contributed by atoms with Gasteiger partial charge in [-0.05, 0) is 32.3 Å². The molecule has 0 saturated carbocycles. The standard InChI is InChI=1S/C13H24N4O/c1-9(2)17-6-4-11(16-17)8-12(15-14)13-10(3)5-7-18-13/h4,6,9-10,12-13,15H,5,7-8,14H2,1-3H3. The van der Waals surface area contributed by atoms with Crippen LogP contribution in [0.3, 0.4) is 0 Å². The molecule has 3 N–H and O–H groups in total. The number of nitrogens with zero attached hydrogens (tertiary/aromatic N) is 2. The highest BCUT2D eigenvalue weighted by Gasteiger charge is 2.31. The zero-order valence-electron chi connectivity index (χ0n) is 11.5. The zero-order valence-corrected chi connectivity index (χ0v) is 11.5. The molecule has 1 fully saturated rings. The van der Waals surface area contributed by atoms with Crippen molar-refractivity contribution >= 4 is 0 Å². The van der Waals surface area contributed by atoms with E-state index in [0.29, 0.717) is 12.0 Å². The fourth-order valence-electron chi connectivity index (χ4n) is 2.50. The van der Waals surface area contributed by atoms with Gasteiger partial charge in [-0.1, -0.05) is 6.92 Å². The van der Waals surface area contributed by atoms with Crippen LogP contribution in [0.1, 0.15) is 38.9 Å². The summed E-state index contributed by atoms with van der Waals surface area (Å²) < 4.78 is 7.74. The minimum absolute atomic E-state index is 0.137. The van der Waals surface area contributed by atoms with E-state index in [2.05, 4.69) is 37.4 Å². The second-order valence-corrected chi connectivity index (χ2v) is 5.46. The Morgan fingerprint density at radius 2 is 2.39 bits per heavy atom. The molecule has 1 aromatic heterocycles. The van der Waals surface area contributed by atoms with Crippen LogP contribution in [-0.4, -0.2) is 28.5 Å². The van der Waals surface area contributed by atoms with E-state index in [9.17, 15) is 0 Å². The Kier molecular flexibility index (Phi) is 4.37. The van der Waals surface area contributed by atoms with Crippen molar-refractivity contribution in [2.45, 2.75) is 51.8 Å². The average molecular weight is 252 g/mol. The fraction of sp³-hybridized carbons (Fsp3) is 0.769. The fourth-order valence-corrected chi connectivity index (χ4v) is 2.50. The molecule has 0 amide bonds. The maximum absolute atomic E-state index is 5.77. The number of nitrogens with one attached hydrogen (secondary N) is 1. The highest BCUT2D eigenvalue weighted by Crippen LogP contribution is 2.24. The van der Waals surface area contributed by atoms with Crippen molar-refractivity contribution in [2.24, 2.45) is 11.8 Å². The van der Waals surface area contributed by atoms with Crippen molar-refractivity contribution in [3.8, 4) is 0 Å². The third-order valence-corrected chi connectivity index (χ3v) is 3.68. The Morgan fingerprint density at radius 3 is 2.89 bits per heavy atom. The van der Waals surface area contributed by atoms with E-state index in [4.69, 9.17) is 10.6 Å². The van der Waals surface area contributed by atoms with Gasteiger partial charge in [-0.25, -0.2) is 0 Å². The van der Waals surface area contributed by atoms with Gasteiger partial charge >= 0.3 is 0 Å². The third-order valence-electron chi connectivity index (χ3n) is 3.68. The van der Waals surface area contributed by atoms with Crippen molar-refractivity contribution in [3.63, 3.8) is 0 Å². The normalized spacial score (nSPS) is 25.8. The number of hydrazine groups is 1. The topological polar surface area (TPSA) is 65.1 Å². The van der Waals surface area contributed by atoms with Gasteiger partial charge in [0.25, 0.3) is 0 Å². The Morgan fingerprint density at radius 1 is 1.61 bits per heavy atom. The van der Waals surface area contributed by atoms with Crippen LogP contribution in [-0.2, 0) is 11.2 Å². The van der Waals surface area contributed by atoms with Crippen LogP contribution in [0.25, 0.3) is 0 Å². The highest BCUT2D eigenvalue weighted by atomic mass is 16.5. The molecule has 18 heavy (non-hydrogen) atoms. The van der Waals surface area contributed by atoms with Gasteiger partial charge in [0.15, 0.2) is 0 Å². The van der Waals surface area contributed by atoms with Crippen LogP contribution in [0.5, 0.6) is 0 Å². The molecule has 1 aliphatic heterocycles. The van der Waals surface area contributed by atoms with Crippen molar-refractivity contribution < 1.29 is 4.74 Å². The summed E-state index contributed by atoms with van der Waals surface area (Å²) in [5.74, 6) is 6.22. The minimum Gasteiger partial charge on any atom is -0.376 e. The van der Waals surface area contributed by atoms with E-state index in [1.165, 1.54) is 0 Å². The minimum atomic E-state index is 0.137. The van der Waals surface area contributed by atoms with E-state index in [1.807, 2.05) is 10.9 Å². The summed E-state index contributed by atoms with van der Waals surface area (Å²) >= 11 is 0. The highest BCUT2D eigenvalue weighted by molar-refractivity contribution is 5.04. The van der Waals surface area contributed by atoms with Gasteiger partial charge in [-0.3, -0.25) is 16.0 Å². The predicted octanol–water partition coefficient (Wildman–Crippen LogP) is 1.26. The van der Waals surface area contributed by atoms with Crippen molar-refractivity contribution in [3.05, 3.63) is 18.0 Å². The zero-order chi connectivity index (χ0) is 13.1. The summed E-state index contributed by atoms with van der Waals surface area (Å²) in [6.45, 7) is 7.30. The van der Waals surface area contributed by atoms with Gasteiger partial charge in [0, 0.05) is 25.3 Å². The lowest BCUT2D eigenvalue weighted by Gasteiger charge is -2.24. The molecule has 102 valence electrons. The molecule has 3 atom stereocenters. The van der Waals surface area contributed by atoms with Gasteiger partial charge in [-0.15, -0.1) is 0 Å². The molecular weight excluding hydrogens is 228 g/mol. The molecule has 1 aliphatic rings. The van der Waals surface area contributed by atoms with Crippen molar-refractivity contribution in [1.29, 1.82) is 0 Å². The lowest BCUT2D eigenvalue weighted by molar-refractivity contribution is 0.0607. The van der Waals surface area contributed by atoms with Crippen LogP contribution in [0.4, 0.5) is 0 Å². The first kappa shape index (κ1) is 13.5. The van der Waals surface area contributed by atoms with Gasteiger partial charge in [0.2, 0.25) is 0 Å². The molecule has 1 aromatic rings. The van der Waals surface area contributed by atoms with E-state index in [-0.39, 0.29) is 12.1 Å². The monoisotopic (exact) mass is 252 g/mol. The largest absolute Gasteiger partial charge is 0.376 e. The third kappa shape index (κ3) is 2.91. The first-order chi connectivity index (χ1) is 8.61. The molecule has 2 heterocycles. The smallest absolute Gasteiger partial charge is 0.0771 e. The number of nitrogens with two attached hydrogens (primary N) is 1. The van der Waals surface area contributed by atoms with Gasteiger partial charge < -0.3 is 4.74 Å². The lowest BCUT2D eigenvalue weighted by Crippen LogP contribution is -2.47. The average Bonchev–Trinajstić information content (AvgIpc) is 2.95. The summed E-state index contributed by atoms with van der Waals surface area (Å²) in [7, 11) is 0. The molecule has 0 aromatic carbocycles. The molecule has 0 bridgehead atoms. The molecule has 5 heteroatoms. The Labute approximate surface area is 109 Å². The predicted molar refractivity (Wildman–Crippen MR) is 70.9 cm³/mol. The quantitative estimate of drug-likeness (QED) is 0.612. The number of hydrogen-bond acceptors (Lipinski definition) is 4. The van der Waals surface area contributed by atoms with Crippen molar-refractivity contribution in [1.82, 2.24) is 15.2 Å². The SMILES string of the molecule is CC1CCOC1C(Cc1ccn(C(C)C)n1)NN. The Balaban J connectivity index is 2.00. The van der Waals surface area contributed by atoms with Gasteiger partial charge in [-0.2, -0.15) is 5.10 Å². The number of rotatable bonds is 5. The van der Waals surface area contributed by atoms with Crippen molar-refractivity contribution in [2.75, 3.05) is 6.61 Å². The second-order valence-electron chi connectivity index (χ2n) is 5.46. The number of hydrogen-bond donors (Lipinski definition) is 2. The molecule has 0 radical (unpaired) electrons. The summed E-state index contributed by atoms with van der Waals surface area (Å²) in [6.07, 6.45) is 4.14. The molecule has 3 unspecified atom stereocenters. The van der Waals surface area contributed by atoms with E-state index in [1.54, 1.807) is 0 Å². The molecule has 0 spiro atoms. The summed E-state index contributed by atoms with van der Waals surface area (Å²) in [5, 5.41) is 4.56. The lowest BCUT2D eigenvalue weighted by atomic mass is 9.95. The Bertz CT molecular complexity index is 377. The summed E-state index contributed by atoms with van der Waals surface area (Å²) in [5.41, 5.74) is 3.95. The van der Waals surface area contributed by atoms with E-state index in [0.717, 1.165) is 25.1 Å². The molecule has 0 aliphatic carbocycles. The van der Waals surface area contributed by atoms with Crippen LogP contribution in [0.15, 0.2) is 12.3 Å². The molecule has 1 saturated heterocycles.